The average Bonchev–Trinajstić information content (AvgIpc) is 2.36. The topological polar surface area (TPSA) is 12.9 Å². The van der Waals surface area contributed by atoms with Crippen LogP contribution in [0.3, 0.4) is 0 Å². The second-order valence-corrected chi connectivity index (χ2v) is 4.86. The van der Waals surface area contributed by atoms with Crippen LogP contribution in [-0.4, -0.2) is 4.98 Å². The highest BCUT2D eigenvalue weighted by Gasteiger charge is 2.10. The molecule has 0 saturated heterocycles. The molecular formula is C16H21N. The molecule has 0 aliphatic carbocycles. The molecule has 1 heteroatoms. The first-order chi connectivity index (χ1) is 8.19. The first kappa shape index (κ1) is 12.1. The van der Waals surface area contributed by atoms with Gasteiger partial charge in [-0.05, 0) is 41.5 Å². The van der Waals surface area contributed by atoms with Crippen LogP contribution >= 0.6 is 0 Å². The number of aryl methyl sites for hydroxylation is 2. The van der Waals surface area contributed by atoms with Gasteiger partial charge in [-0.25, -0.2) is 0 Å². The van der Waals surface area contributed by atoms with E-state index in [1.165, 1.54) is 27.6 Å². The second kappa shape index (κ2) is 4.87. The molecule has 0 spiro atoms. The molecule has 90 valence electrons. The van der Waals surface area contributed by atoms with E-state index in [0.29, 0.717) is 5.92 Å². The summed E-state index contributed by atoms with van der Waals surface area (Å²) in [6.07, 6.45) is 4.11. The molecule has 1 nitrogen and oxygen atoms in total. The Labute approximate surface area is 104 Å². The minimum Gasteiger partial charge on any atom is -0.256 e. The van der Waals surface area contributed by atoms with Gasteiger partial charge in [0.2, 0.25) is 0 Å². The minimum atomic E-state index is 0.553. The van der Waals surface area contributed by atoms with Gasteiger partial charge in [-0.2, -0.15) is 0 Å². The van der Waals surface area contributed by atoms with Crippen molar-refractivity contribution in [1.82, 2.24) is 4.98 Å². The lowest BCUT2D eigenvalue weighted by molar-refractivity contribution is 0.873. The van der Waals surface area contributed by atoms with Crippen LogP contribution in [0.5, 0.6) is 0 Å². The summed E-state index contributed by atoms with van der Waals surface area (Å²) < 4.78 is 0. The van der Waals surface area contributed by atoms with E-state index < -0.39 is 0 Å². The van der Waals surface area contributed by atoms with Crippen molar-refractivity contribution in [3.8, 4) is 0 Å². The molecule has 0 bridgehead atoms. The van der Waals surface area contributed by atoms with Crippen LogP contribution in [-0.2, 0) is 12.8 Å². The summed E-state index contributed by atoms with van der Waals surface area (Å²) in [6.45, 7) is 8.92. The highest BCUT2D eigenvalue weighted by Crippen LogP contribution is 2.28. The Balaban J connectivity index is 2.78. The number of nitrogens with zero attached hydrogens (tertiary/aromatic N) is 1. The Morgan fingerprint density at radius 1 is 1.06 bits per heavy atom. The summed E-state index contributed by atoms with van der Waals surface area (Å²) in [7, 11) is 0. The number of aromatic nitrogens is 1. The highest BCUT2D eigenvalue weighted by atomic mass is 14.7. The van der Waals surface area contributed by atoms with Crippen LogP contribution in [0.25, 0.3) is 10.9 Å². The van der Waals surface area contributed by atoms with Crippen molar-refractivity contribution < 1.29 is 0 Å². The number of pyridine rings is 1. The number of fused-ring (bicyclic) bond motifs is 1. The standard InChI is InChI=1S/C16H21N/c1-5-12-7-8-15-14(11(3)4)9-10-17-16(15)13(12)6-2/h7-11H,5-6H2,1-4H3. The summed E-state index contributed by atoms with van der Waals surface area (Å²) >= 11 is 0. The van der Waals surface area contributed by atoms with E-state index in [0.717, 1.165) is 12.8 Å². The van der Waals surface area contributed by atoms with E-state index in [4.69, 9.17) is 0 Å². The van der Waals surface area contributed by atoms with E-state index in [2.05, 4.69) is 50.9 Å². The van der Waals surface area contributed by atoms with Crippen molar-refractivity contribution in [3.63, 3.8) is 0 Å². The molecule has 2 rings (SSSR count). The summed E-state index contributed by atoms with van der Waals surface area (Å²) in [6, 6.07) is 6.67. The molecule has 0 aliphatic rings. The zero-order valence-corrected chi connectivity index (χ0v) is 11.2. The maximum atomic E-state index is 4.60. The van der Waals surface area contributed by atoms with Gasteiger partial charge >= 0.3 is 0 Å². The molecule has 0 N–H and O–H groups in total. The molecule has 0 fully saturated rings. The van der Waals surface area contributed by atoms with Crippen molar-refractivity contribution in [1.29, 1.82) is 0 Å². The van der Waals surface area contributed by atoms with Crippen LogP contribution in [0.1, 0.15) is 50.3 Å². The van der Waals surface area contributed by atoms with Crippen LogP contribution < -0.4 is 0 Å². The van der Waals surface area contributed by atoms with E-state index >= 15 is 0 Å². The Morgan fingerprint density at radius 3 is 2.41 bits per heavy atom. The van der Waals surface area contributed by atoms with Crippen LogP contribution in [0.4, 0.5) is 0 Å². The van der Waals surface area contributed by atoms with Gasteiger partial charge in [-0.1, -0.05) is 39.8 Å². The van der Waals surface area contributed by atoms with Crippen molar-refractivity contribution in [2.45, 2.75) is 46.5 Å². The van der Waals surface area contributed by atoms with Gasteiger partial charge in [-0.15, -0.1) is 0 Å². The molecular weight excluding hydrogens is 206 g/mol. The first-order valence-electron chi connectivity index (χ1n) is 6.58. The third-order valence-corrected chi connectivity index (χ3v) is 3.50. The smallest absolute Gasteiger partial charge is 0.0739 e. The Hall–Kier alpha value is -1.37. The predicted molar refractivity (Wildman–Crippen MR) is 74.6 cm³/mol. The van der Waals surface area contributed by atoms with Crippen LogP contribution in [0, 0.1) is 0 Å². The average molecular weight is 227 g/mol. The summed E-state index contributed by atoms with van der Waals surface area (Å²) in [5, 5.41) is 1.33. The molecule has 2 aromatic rings. The lowest BCUT2D eigenvalue weighted by atomic mass is 9.93. The quantitative estimate of drug-likeness (QED) is 0.753. The number of hydrogen-bond donors (Lipinski definition) is 0. The molecule has 17 heavy (non-hydrogen) atoms. The largest absolute Gasteiger partial charge is 0.256 e. The normalized spacial score (nSPS) is 11.4. The van der Waals surface area contributed by atoms with Gasteiger partial charge in [0.25, 0.3) is 0 Å². The molecule has 0 atom stereocenters. The lowest BCUT2D eigenvalue weighted by Crippen LogP contribution is -1.98. The number of benzene rings is 1. The summed E-state index contributed by atoms with van der Waals surface area (Å²) in [5.74, 6) is 0.553. The van der Waals surface area contributed by atoms with Gasteiger partial charge in [0.15, 0.2) is 0 Å². The first-order valence-corrected chi connectivity index (χ1v) is 6.58. The monoisotopic (exact) mass is 227 g/mol. The highest BCUT2D eigenvalue weighted by molar-refractivity contribution is 5.86. The molecule has 0 aliphatic heterocycles. The fourth-order valence-electron chi connectivity index (χ4n) is 2.57. The molecule has 1 aromatic carbocycles. The third-order valence-electron chi connectivity index (χ3n) is 3.50. The third kappa shape index (κ3) is 2.06. The van der Waals surface area contributed by atoms with Crippen molar-refractivity contribution in [2.24, 2.45) is 0 Å². The Kier molecular flexibility index (Phi) is 3.46. The van der Waals surface area contributed by atoms with E-state index in [1.54, 1.807) is 0 Å². The predicted octanol–water partition coefficient (Wildman–Crippen LogP) is 4.48. The van der Waals surface area contributed by atoms with E-state index in [1.807, 2.05) is 6.20 Å². The Bertz CT molecular complexity index is 526. The summed E-state index contributed by atoms with van der Waals surface area (Å²) in [4.78, 5) is 4.60. The van der Waals surface area contributed by atoms with Gasteiger partial charge in [0, 0.05) is 11.6 Å². The fourth-order valence-corrected chi connectivity index (χ4v) is 2.57. The SMILES string of the molecule is CCc1ccc2c(C(C)C)ccnc2c1CC. The molecule has 1 heterocycles. The van der Waals surface area contributed by atoms with Crippen LogP contribution in [0.15, 0.2) is 24.4 Å². The molecule has 1 aromatic heterocycles. The number of hydrogen-bond acceptors (Lipinski definition) is 1. The van der Waals surface area contributed by atoms with Gasteiger partial charge in [0.05, 0.1) is 5.52 Å². The van der Waals surface area contributed by atoms with Crippen molar-refractivity contribution in [2.75, 3.05) is 0 Å². The summed E-state index contributed by atoms with van der Waals surface area (Å²) in [5.41, 5.74) is 5.48. The lowest BCUT2D eigenvalue weighted by Gasteiger charge is -2.14. The molecule has 0 unspecified atom stereocenters. The van der Waals surface area contributed by atoms with Gasteiger partial charge in [-0.3, -0.25) is 4.98 Å². The van der Waals surface area contributed by atoms with Gasteiger partial charge in [0.1, 0.15) is 0 Å². The number of rotatable bonds is 3. The molecule has 0 amide bonds. The molecule has 0 saturated carbocycles. The second-order valence-electron chi connectivity index (χ2n) is 4.86. The zero-order valence-electron chi connectivity index (χ0n) is 11.2. The van der Waals surface area contributed by atoms with Crippen molar-refractivity contribution in [3.05, 3.63) is 41.1 Å². The Morgan fingerprint density at radius 2 is 1.82 bits per heavy atom. The maximum Gasteiger partial charge on any atom is 0.0739 e. The van der Waals surface area contributed by atoms with Gasteiger partial charge < -0.3 is 0 Å². The van der Waals surface area contributed by atoms with E-state index in [-0.39, 0.29) is 0 Å². The van der Waals surface area contributed by atoms with Crippen LogP contribution in [0.2, 0.25) is 0 Å². The fraction of sp³-hybridized carbons (Fsp3) is 0.438. The minimum absolute atomic E-state index is 0.553. The van der Waals surface area contributed by atoms with E-state index in [9.17, 15) is 0 Å². The maximum absolute atomic E-state index is 4.60. The van der Waals surface area contributed by atoms with Crippen molar-refractivity contribution >= 4 is 10.9 Å². The zero-order chi connectivity index (χ0) is 12.4. The molecule has 0 radical (unpaired) electrons.